The molecule has 0 aliphatic rings. The summed E-state index contributed by atoms with van der Waals surface area (Å²) in [5, 5.41) is 8.91. The lowest BCUT2D eigenvalue weighted by Gasteiger charge is -2.08. The van der Waals surface area contributed by atoms with E-state index in [9.17, 15) is 9.18 Å². The van der Waals surface area contributed by atoms with E-state index in [1.54, 1.807) is 24.3 Å². The second-order valence-corrected chi connectivity index (χ2v) is 3.71. The number of carboxylic acid groups (broad SMARTS) is 1. The Labute approximate surface area is 103 Å². The van der Waals surface area contributed by atoms with Gasteiger partial charge in [-0.3, -0.25) is 0 Å². The molecule has 2 rings (SSSR count). The number of hydrogen-bond donors (Lipinski definition) is 1. The van der Waals surface area contributed by atoms with Gasteiger partial charge in [-0.05, 0) is 23.8 Å². The summed E-state index contributed by atoms with van der Waals surface area (Å²) in [5.41, 5.74) is 0.943. The van der Waals surface area contributed by atoms with Gasteiger partial charge in [-0.1, -0.05) is 24.3 Å². The molecule has 0 radical (unpaired) electrons. The SMILES string of the molecule is COc1cccc(-c2cccc(C(=O)O)c2)c1F. The number of halogens is 1. The summed E-state index contributed by atoms with van der Waals surface area (Å²) in [6, 6.07) is 10.9. The minimum Gasteiger partial charge on any atom is -0.494 e. The fraction of sp³-hybridized carbons (Fsp3) is 0.0714. The van der Waals surface area contributed by atoms with Crippen molar-refractivity contribution in [3.63, 3.8) is 0 Å². The van der Waals surface area contributed by atoms with Crippen molar-refractivity contribution in [2.45, 2.75) is 0 Å². The van der Waals surface area contributed by atoms with Crippen LogP contribution in [0.1, 0.15) is 10.4 Å². The van der Waals surface area contributed by atoms with Crippen LogP contribution < -0.4 is 4.74 Å². The molecule has 0 bridgehead atoms. The molecule has 92 valence electrons. The van der Waals surface area contributed by atoms with Crippen LogP contribution in [0.4, 0.5) is 4.39 Å². The second-order valence-electron chi connectivity index (χ2n) is 3.71. The maximum absolute atomic E-state index is 14.0. The molecule has 2 aromatic carbocycles. The molecular formula is C14H11FO3. The molecule has 0 aliphatic heterocycles. The van der Waals surface area contributed by atoms with E-state index in [2.05, 4.69) is 0 Å². The van der Waals surface area contributed by atoms with Crippen LogP contribution in [-0.2, 0) is 0 Å². The van der Waals surface area contributed by atoms with E-state index in [1.807, 2.05) is 0 Å². The Morgan fingerprint density at radius 3 is 2.61 bits per heavy atom. The molecule has 0 spiro atoms. The first-order valence-corrected chi connectivity index (χ1v) is 5.29. The number of methoxy groups -OCH3 is 1. The monoisotopic (exact) mass is 246 g/mol. The van der Waals surface area contributed by atoms with Gasteiger partial charge in [0.1, 0.15) is 0 Å². The van der Waals surface area contributed by atoms with Crippen LogP contribution in [0.15, 0.2) is 42.5 Å². The summed E-state index contributed by atoms with van der Waals surface area (Å²) >= 11 is 0. The molecule has 0 saturated heterocycles. The Hall–Kier alpha value is -2.36. The smallest absolute Gasteiger partial charge is 0.335 e. The Kier molecular flexibility index (Phi) is 3.28. The summed E-state index contributed by atoms with van der Waals surface area (Å²) in [6.07, 6.45) is 0. The van der Waals surface area contributed by atoms with Crippen LogP contribution in [0.3, 0.4) is 0 Å². The minimum absolute atomic E-state index is 0.120. The van der Waals surface area contributed by atoms with Crippen molar-refractivity contribution in [2.24, 2.45) is 0 Å². The number of aromatic carboxylic acids is 1. The fourth-order valence-electron chi connectivity index (χ4n) is 1.71. The second kappa shape index (κ2) is 4.87. The van der Waals surface area contributed by atoms with Gasteiger partial charge in [-0.25, -0.2) is 9.18 Å². The van der Waals surface area contributed by atoms with Crippen LogP contribution >= 0.6 is 0 Å². The Morgan fingerprint density at radius 1 is 1.22 bits per heavy atom. The molecule has 0 amide bonds. The summed E-state index contributed by atoms with van der Waals surface area (Å²) in [6.45, 7) is 0. The molecule has 0 fully saturated rings. The molecule has 0 aliphatic carbocycles. The first-order chi connectivity index (χ1) is 8.63. The zero-order valence-corrected chi connectivity index (χ0v) is 9.68. The molecule has 1 N–H and O–H groups in total. The highest BCUT2D eigenvalue weighted by atomic mass is 19.1. The Bertz CT molecular complexity index is 593. The van der Waals surface area contributed by atoms with Crippen molar-refractivity contribution in [2.75, 3.05) is 7.11 Å². The van der Waals surface area contributed by atoms with Crippen molar-refractivity contribution in [3.8, 4) is 16.9 Å². The topological polar surface area (TPSA) is 46.5 Å². The van der Waals surface area contributed by atoms with Gasteiger partial charge < -0.3 is 9.84 Å². The third-order valence-electron chi connectivity index (χ3n) is 2.60. The fourth-order valence-corrected chi connectivity index (χ4v) is 1.71. The number of hydrogen-bond acceptors (Lipinski definition) is 2. The van der Waals surface area contributed by atoms with Crippen LogP contribution in [-0.4, -0.2) is 18.2 Å². The zero-order chi connectivity index (χ0) is 13.1. The van der Waals surface area contributed by atoms with E-state index in [-0.39, 0.29) is 11.3 Å². The van der Waals surface area contributed by atoms with E-state index in [1.165, 1.54) is 25.3 Å². The third-order valence-corrected chi connectivity index (χ3v) is 2.60. The molecule has 0 heterocycles. The Morgan fingerprint density at radius 2 is 1.94 bits per heavy atom. The lowest BCUT2D eigenvalue weighted by molar-refractivity contribution is 0.0697. The van der Waals surface area contributed by atoms with E-state index in [0.717, 1.165) is 0 Å². The average Bonchev–Trinajstić information content (AvgIpc) is 2.39. The minimum atomic E-state index is -1.04. The van der Waals surface area contributed by atoms with Gasteiger partial charge in [0.25, 0.3) is 0 Å². The normalized spacial score (nSPS) is 10.1. The van der Waals surface area contributed by atoms with E-state index in [4.69, 9.17) is 9.84 Å². The van der Waals surface area contributed by atoms with Gasteiger partial charge in [0.05, 0.1) is 12.7 Å². The summed E-state index contributed by atoms with van der Waals surface area (Å²) in [4.78, 5) is 10.9. The van der Waals surface area contributed by atoms with Crippen molar-refractivity contribution in [1.29, 1.82) is 0 Å². The molecule has 0 atom stereocenters. The molecule has 0 aromatic heterocycles. The van der Waals surface area contributed by atoms with Crippen LogP contribution in [0.25, 0.3) is 11.1 Å². The van der Waals surface area contributed by atoms with Crippen LogP contribution in [0.2, 0.25) is 0 Å². The van der Waals surface area contributed by atoms with Gasteiger partial charge in [-0.2, -0.15) is 0 Å². The highest BCUT2D eigenvalue weighted by Gasteiger charge is 2.11. The van der Waals surface area contributed by atoms with Crippen LogP contribution in [0.5, 0.6) is 5.75 Å². The highest BCUT2D eigenvalue weighted by molar-refractivity contribution is 5.89. The van der Waals surface area contributed by atoms with Gasteiger partial charge in [-0.15, -0.1) is 0 Å². The van der Waals surface area contributed by atoms with E-state index >= 15 is 0 Å². The molecule has 0 unspecified atom stereocenters. The highest BCUT2D eigenvalue weighted by Crippen LogP contribution is 2.29. The molecule has 4 heteroatoms. The van der Waals surface area contributed by atoms with Gasteiger partial charge in [0.15, 0.2) is 11.6 Å². The van der Waals surface area contributed by atoms with E-state index in [0.29, 0.717) is 11.1 Å². The first-order valence-electron chi connectivity index (χ1n) is 5.29. The third kappa shape index (κ3) is 2.18. The summed E-state index contributed by atoms with van der Waals surface area (Å²) in [5.74, 6) is -1.41. The summed E-state index contributed by atoms with van der Waals surface area (Å²) < 4.78 is 18.9. The molecule has 18 heavy (non-hydrogen) atoms. The molecule has 2 aromatic rings. The maximum Gasteiger partial charge on any atom is 0.335 e. The predicted octanol–water partition coefficient (Wildman–Crippen LogP) is 3.20. The standard InChI is InChI=1S/C14H11FO3/c1-18-12-7-3-6-11(13(12)15)9-4-2-5-10(8-9)14(16)17/h2-8H,1H3,(H,16,17). The lowest BCUT2D eigenvalue weighted by atomic mass is 10.0. The van der Waals surface area contributed by atoms with E-state index < -0.39 is 11.8 Å². The predicted molar refractivity (Wildman–Crippen MR) is 65.3 cm³/mol. The van der Waals surface area contributed by atoms with Crippen molar-refractivity contribution >= 4 is 5.97 Å². The van der Waals surface area contributed by atoms with Gasteiger partial charge in [0, 0.05) is 5.56 Å². The van der Waals surface area contributed by atoms with Gasteiger partial charge in [0.2, 0.25) is 0 Å². The summed E-state index contributed by atoms with van der Waals surface area (Å²) in [7, 11) is 1.38. The number of carboxylic acids is 1. The lowest BCUT2D eigenvalue weighted by Crippen LogP contribution is -1.97. The number of rotatable bonds is 3. The van der Waals surface area contributed by atoms with Gasteiger partial charge >= 0.3 is 5.97 Å². The van der Waals surface area contributed by atoms with Crippen LogP contribution in [0, 0.1) is 5.82 Å². The van der Waals surface area contributed by atoms with Crippen molar-refractivity contribution < 1.29 is 19.0 Å². The average molecular weight is 246 g/mol. The number of benzene rings is 2. The molecule has 3 nitrogen and oxygen atoms in total. The molecular weight excluding hydrogens is 235 g/mol. The first kappa shape index (κ1) is 12.1. The maximum atomic E-state index is 14.0. The Balaban J connectivity index is 2.55. The van der Waals surface area contributed by atoms with Crippen molar-refractivity contribution in [3.05, 3.63) is 53.8 Å². The molecule has 0 saturated carbocycles. The largest absolute Gasteiger partial charge is 0.494 e. The zero-order valence-electron chi connectivity index (χ0n) is 9.68. The number of carbonyl (C=O) groups is 1. The van der Waals surface area contributed by atoms with Crippen molar-refractivity contribution in [1.82, 2.24) is 0 Å². The number of ether oxygens (including phenoxy) is 1. The quantitative estimate of drug-likeness (QED) is 0.904.